The zero-order valence-electron chi connectivity index (χ0n) is 11.5. The molecule has 0 atom stereocenters. The molecule has 2 aromatic rings. The summed E-state index contributed by atoms with van der Waals surface area (Å²) in [7, 11) is 1.36. The summed E-state index contributed by atoms with van der Waals surface area (Å²) >= 11 is 0. The summed E-state index contributed by atoms with van der Waals surface area (Å²) in [5, 5.41) is 20.3. The van der Waals surface area contributed by atoms with Crippen LogP contribution in [-0.4, -0.2) is 28.1 Å². The number of hydrogen-bond donors (Lipinski definition) is 2. The van der Waals surface area contributed by atoms with E-state index in [1.165, 1.54) is 25.3 Å². The SMILES string of the molecule is COc1cccc([N+](=O)[O-])c1C(=O)NCc1cn[nH]c1C. The maximum Gasteiger partial charge on any atom is 0.285 e. The zero-order chi connectivity index (χ0) is 15.4. The number of aryl methyl sites for hydroxylation is 1. The lowest BCUT2D eigenvalue weighted by Crippen LogP contribution is -2.24. The molecule has 1 heterocycles. The number of nitro groups is 1. The number of hydrogen-bond acceptors (Lipinski definition) is 5. The first-order valence-electron chi connectivity index (χ1n) is 6.13. The molecule has 0 unspecified atom stereocenters. The van der Waals surface area contributed by atoms with Crippen molar-refractivity contribution >= 4 is 11.6 Å². The molecule has 1 amide bonds. The van der Waals surface area contributed by atoms with E-state index in [-0.39, 0.29) is 23.5 Å². The molecule has 0 fully saturated rings. The van der Waals surface area contributed by atoms with E-state index in [9.17, 15) is 14.9 Å². The van der Waals surface area contributed by atoms with Crippen LogP contribution in [0, 0.1) is 17.0 Å². The van der Waals surface area contributed by atoms with E-state index < -0.39 is 10.8 Å². The van der Waals surface area contributed by atoms with Crippen molar-refractivity contribution < 1.29 is 14.5 Å². The smallest absolute Gasteiger partial charge is 0.285 e. The van der Waals surface area contributed by atoms with E-state index >= 15 is 0 Å². The Kier molecular flexibility index (Phi) is 4.17. The number of carbonyl (C=O) groups excluding carboxylic acids is 1. The summed E-state index contributed by atoms with van der Waals surface area (Å²) in [5.74, 6) is -0.412. The molecule has 1 aromatic heterocycles. The average Bonchev–Trinajstić information content (AvgIpc) is 2.89. The Balaban J connectivity index is 2.26. The standard InChI is InChI=1S/C13H14N4O4/c1-8-9(7-15-16-8)6-14-13(18)12-10(17(19)20)4-3-5-11(12)21-2/h3-5,7H,6H2,1-2H3,(H,14,18)(H,15,16). The number of aromatic amines is 1. The van der Waals surface area contributed by atoms with Crippen molar-refractivity contribution in [3.63, 3.8) is 0 Å². The molecule has 1 aromatic carbocycles. The van der Waals surface area contributed by atoms with Gasteiger partial charge in [0.25, 0.3) is 11.6 Å². The number of benzene rings is 1. The summed E-state index contributed by atoms with van der Waals surface area (Å²) in [6, 6.07) is 4.24. The van der Waals surface area contributed by atoms with Gasteiger partial charge < -0.3 is 10.1 Å². The predicted octanol–water partition coefficient (Wildman–Crippen LogP) is 1.56. The first-order chi connectivity index (χ1) is 10.0. The third kappa shape index (κ3) is 2.99. The molecule has 2 N–H and O–H groups in total. The van der Waals surface area contributed by atoms with Gasteiger partial charge in [0.1, 0.15) is 5.75 Å². The van der Waals surface area contributed by atoms with Gasteiger partial charge in [-0.15, -0.1) is 0 Å². The van der Waals surface area contributed by atoms with Crippen LogP contribution in [-0.2, 0) is 6.54 Å². The van der Waals surface area contributed by atoms with E-state index in [2.05, 4.69) is 15.5 Å². The van der Waals surface area contributed by atoms with Gasteiger partial charge in [-0.2, -0.15) is 5.10 Å². The van der Waals surface area contributed by atoms with Crippen LogP contribution in [0.15, 0.2) is 24.4 Å². The van der Waals surface area contributed by atoms with Gasteiger partial charge in [0, 0.05) is 23.9 Å². The third-order valence-electron chi connectivity index (χ3n) is 3.02. The number of nitro benzene ring substituents is 1. The summed E-state index contributed by atoms with van der Waals surface area (Å²) in [6.07, 6.45) is 1.59. The van der Waals surface area contributed by atoms with Gasteiger partial charge in [-0.1, -0.05) is 6.07 Å². The number of nitrogens with one attached hydrogen (secondary N) is 2. The summed E-state index contributed by atoms with van der Waals surface area (Å²) < 4.78 is 5.03. The van der Waals surface area contributed by atoms with Crippen LogP contribution in [0.2, 0.25) is 0 Å². The van der Waals surface area contributed by atoms with Crippen LogP contribution in [0.3, 0.4) is 0 Å². The number of aromatic nitrogens is 2. The highest BCUT2D eigenvalue weighted by Gasteiger charge is 2.24. The lowest BCUT2D eigenvalue weighted by molar-refractivity contribution is -0.385. The number of rotatable bonds is 5. The van der Waals surface area contributed by atoms with E-state index in [4.69, 9.17) is 4.74 Å². The fraction of sp³-hybridized carbons (Fsp3) is 0.231. The van der Waals surface area contributed by atoms with Crippen LogP contribution in [0.4, 0.5) is 5.69 Å². The van der Waals surface area contributed by atoms with Crippen molar-refractivity contribution in [2.24, 2.45) is 0 Å². The van der Waals surface area contributed by atoms with Crippen molar-refractivity contribution in [2.75, 3.05) is 7.11 Å². The topological polar surface area (TPSA) is 110 Å². The molecule has 0 saturated carbocycles. The van der Waals surface area contributed by atoms with Crippen molar-refractivity contribution in [2.45, 2.75) is 13.5 Å². The largest absolute Gasteiger partial charge is 0.496 e. The fourth-order valence-corrected chi connectivity index (χ4v) is 1.89. The van der Waals surface area contributed by atoms with E-state index in [0.29, 0.717) is 0 Å². The number of carbonyl (C=O) groups is 1. The third-order valence-corrected chi connectivity index (χ3v) is 3.02. The Morgan fingerprint density at radius 2 is 2.29 bits per heavy atom. The molecule has 8 heteroatoms. The van der Waals surface area contributed by atoms with Gasteiger partial charge in [-0.05, 0) is 13.0 Å². The first kappa shape index (κ1) is 14.5. The van der Waals surface area contributed by atoms with Gasteiger partial charge in [0.2, 0.25) is 0 Å². The van der Waals surface area contributed by atoms with Crippen molar-refractivity contribution in [1.29, 1.82) is 0 Å². The zero-order valence-corrected chi connectivity index (χ0v) is 11.5. The lowest BCUT2D eigenvalue weighted by Gasteiger charge is -2.09. The maximum absolute atomic E-state index is 12.2. The second-order valence-corrected chi connectivity index (χ2v) is 4.31. The number of H-pyrrole nitrogens is 1. The average molecular weight is 290 g/mol. The van der Waals surface area contributed by atoms with Crippen molar-refractivity contribution in [1.82, 2.24) is 15.5 Å². The number of methoxy groups -OCH3 is 1. The molecule has 0 aliphatic carbocycles. The Hall–Kier alpha value is -2.90. The van der Waals surface area contributed by atoms with Gasteiger partial charge in [-0.25, -0.2) is 0 Å². The molecule has 8 nitrogen and oxygen atoms in total. The highest BCUT2D eigenvalue weighted by Crippen LogP contribution is 2.28. The normalized spacial score (nSPS) is 10.2. The number of ether oxygens (including phenoxy) is 1. The summed E-state index contributed by atoms with van der Waals surface area (Å²) in [5.41, 5.74) is 1.24. The highest BCUT2D eigenvalue weighted by molar-refractivity contribution is 6.00. The number of nitrogens with zero attached hydrogens (tertiary/aromatic N) is 2. The second kappa shape index (κ2) is 6.04. The molecule has 2 rings (SSSR count). The van der Waals surface area contributed by atoms with Gasteiger partial charge in [0.15, 0.2) is 5.56 Å². The molecular formula is C13H14N4O4. The minimum Gasteiger partial charge on any atom is -0.496 e. The fourth-order valence-electron chi connectivity index (χ4n) is 1.89. The van der Waals surface area contributed by atoms with Crippen LogP contribution in [0.5, 0.6) is 5.75 Å². The number of amides is 1. The van der Waals surface area contributed by atoms with E-state index in [1.807, 2.05) is 6.92 Å². The molecular weight excluding hydrogens is 276 g/mol. The Bertz CT molecular complexity index is 681. The molecule has 21 heavy (non-hydrogen) atoms. The molecule has 0 radical (unpaired) electrons. The molecule has 0 saturated heterocycles. The molecule has 0 bridgehead atoms. The van der Waals surface area contributed by atoms with E-state index in [0.717, 1.165) is 11.3 Å². The van der Waals surface area contributed by atoms with Gasteiger partial charge in [-0.3, -0.25) is 20.0 Å². The predicted molar refractivity (Wildman–Crippen MR) is 74.1 cm³/mol. The molecule has 0 aliphatic rings. The highest BCUT2D eigenvalue weighted by atomic mass is 16.6. The quantitative estimate of drug-likeness (QED) is 0.641. The van der Waals surface area contributed by atoms with Gasteiger partial charge >= 0.3 is 0 Å². The lowest BCUT2D eigenvalue weighted by atomic mass is 10.1. The molecule has 0 spiro atoms. The Morgan fingerprint density at radius 3 is 2.86 bits per heavy atom. The van der Waals surface area contributed by atoms with E-state index in [1.54, 1.807) is 6.20 Å². The molecule has 110 valence electrons. The summed E-state index contributed by atoms with van der Waals surface area (Å²) in [4.78, 5) is 22.7. The first-order valence-corrected chi connectivity index (χ1v) is 6.13. The minimum absolute atomic E-state index is 0.0915. The summed E-state index contributed by atoms with van der Waals surface area (Å²) in [6.45, 7) is 2.04. The monoisotopic (exact) mass is 290 g/mol. The van der Waals surface area contributed by atoms with Crippen LogP contribution < -0.4 is 10.1 Å². The Labute approximate surface area is 120 Å². The van der Waals surface area contributed by atoms with Crippen molar-refractivity contribution in [3.8, 4) is 5.75 Å². The molecule has 0 aliphatic heterocycles. The van der Waals surface area contributed by atoms with Crippen LogP contribution >= 0.6 is 0 Å². The second-order valence-electron chi connectivity index (χ2n) is 4.31. The minimum atomic E-state index is -0.611. The Morgan fingerprint density at radius 1 is 1.52 bits per heavy atom. The van der Waals surface area contributed by atoms with Crippen LogP contribution in [0.25, 0.3) is 0 Å². The van der Waals surface area contributed by atoms with Crippen LogP contribution in [0.1, 0.15) is 21.6 Å². The maximum atomic E-state index is 12.2. The van der Waals surface area contributed by atoms with Gasteiger partial charge in [0.05, 0.1) is 18.2 Å². The van der Waals surface area contributed by atoms with Crippen molar-refractivity contribution in [3.05, 3.63) is 51.3 Å².